The topological polar surface area (TPSA) is 119 Å². The Kier molecular flexibility index (Phi) is 9.35. The fourth-order valence-electron chi connectivity index (χ4n) is 6.47. The molecule has 0 radical (unpaired) electrons. The van der Waals surface area contributed by atoms with Crippen LogP contribution >= 0.6 is 0 Å². The summed E-state index contributed by atoms with van der Waals surface area (Å²) in [6.45, 7) is 9.81. The molecule has 1 aliphatic carbocycles. The van der Waals surface area contributed by atoms with Crippen molar-refractivity contribution < 1.29 is 32.6 Å². The fraction of sp³-hybridized carbons (Fsp3) is 0.417. The van der Waals surface area contributed by atoms with E-state index in [1.54, 1.807) is 59.1 Å². The van der Waals surface area contributed by atoms with Crippen LogP contribution < -0.4 is 15.4 Å². The van der Waals surface area contributed by atoms with Crippen molar-refractivity contribution in [3.05, 3.63) is 75.1 Å². The first-order valence-electron chi connectivity index (χ1n) is 16.4. The lowest BCUT2D eigenvalue weighted by Crippen LogP contribution is -2.36. The number of hydrogen-bond donors (Lipinski definition) is 0. The number of pyridine rings is 2. The van der Waals surface area contributed by atoms with Gasteiger partial charge >= 0.3 is 12.1 Å². The van der Waals surface area contributed by atoms with Crippen LogP contribution in [0.25, 0.3) is 27.9 Å². The average molecular weight is 691 g/mol. The molecule has 1 amide bonds. The summed E-state index contributed by atoms with van der Waals surface area (Å²) in [6.07, 6.45) is 3.87. The Hall–Kier alpha value is -4.95. The van der Waals surface area contributed by atoms with E-state index in [2.05, 4.69) is 9.88 Å². The molecule has 0 saturated carbocycles. The molecule has 3 aromatic heterocycles. The highest BCUT2D eigenvalue weighted by molar-refractivity contribution is 5.99. The predicted molar refractivity (Wildman–Crippen MR) is 184 cm³/mol. The van der Waals surface area contributed by atoms with Gasteiger partial charge in [0, 0.05) is 99.7 Å². The molecule has 4 heterocycles. The molecule has 1 fully saturated rings. The van der Waals surface area contributed by atoms with Crippen molar-refractivity contribution in [2.75, 3.05) is 63.9 Å². The van der Waals surface area contributed by atoms with Crippen molar-refractivity contribution in [2.45, 2.75) is 46.3 Å². The van der Waals surface area contributed by atoms with Crippen LogP contribution in [0.4, 0.5) is 25.0 Å². The zero-order valence-corrected chi connectivity index (χ0v) is 29.2. The van der Waals surface area contributed by atoms with E-state index < -0.39 is 34.9 Å². The van der Waals surface area contributed by atoms with Crippen LogP contribution in [-0.4, -0.2) is 91.0 Å². The summed E-state index contributed by atoms with van der Waals surface area (Å²) in [5.74, 6) is -2.97. The quantitative estimate of drug-likeness (QED) is 0.215. The van der Waals surface area contributed by atoms with Crippen molar-refractivity contribution in [3.63, 3.8) is 0 Å². The van der Waals surface area contributed by atoms with E-state index in [0.29, 0.717) is 77.7 Å². The van der Waals surface area contributed by atoms with Crippen LogP contribution in [-0.2, 0) is 27.2 Å². The Morgan fingerprint density at radius 3 is 2.42 bits per heavy atom. The van der Waals surface area contributed by atoms with E-state index in [9.17, 15) is 14.4 Å². The third-order valence-electron chi connectivity index (χ3n) is 8.69. The van der Waals surface area contributed by atoms with Gasteiger partial charge in [0.1, 0.15) is 16.8 Å². The molecule has 1 aliphatic heterocycles. The maximum Gasteiger partial charge on any atom is 0.414 e. The maximum atomic E-state index is 16.0. The molecule has 0 unspecified atom stereocenters. The molecule has 14 heteroatoms. The van der Waals surface area contributed by atoms with Gasteiger partial charge in [0.05, 0.1) is 36.9 Å². The number of halogens is 2. The third-order valence-corrected chi connectivity index (χ3v) is 8.69. The molecule has 12 nitrogen and oxygen atoms in total. The highest BCUT2D eigenvalue weighted by Gasteiger charge is 2.35. The molecule has 0 N–H and O–H groups in total. The zero-order chi connectivity index (χ0) is 36.1. The van der Waals surface area contributed by atoms with Gasteiger partial charge in [-0.1, -0.05) is 0 Å². The van der Waals surface area contributed by atoms with E-state index >= 15 is 8.78 Å². The summed E-state index contributed by atoms with van der Waals surface area (Å²) in [5, 5.41) is 0. The van der Waals surface area contributed by atoms with Gasteiger partial charge in [-0.05, 0) is 39.3 Å². The second-order valence-corrected chi connectivity index (χ2v) is 13.5. The largest absolute Gasteiger partial charge is 0.462 e. The number of morpholine rings is 1. The molecular formula is C36H40F2N6O6. The van der Waals surface area contributed by atoms with Crippen LogP contribution in [0.1, 0.15) is 54.9 Å². The smallest absolute Gasteiger partial charge is 0.414 e. The van der Waals surface area contributed by atoms with Crippen LogP contribution in [0, 0.1) is 11.6 Å². The normalized spacial score (nSPS) is 14.3. The van der Waals surface area contributed by atoms with Gasteiger partial charge in [-0.15, -0.1) is 0 Å². The molecule has 1 saturated heterocycles. The number of anilines is 2. The number of nitrogens with zero attached hydrogens (tertiary/aromatic N) is 6. The SMILES string of the molecule is CCOC(=O)c1cnc2c(CN3CCOCC3)cc(-c3cnc4c(c3N(C)C)-c3c(F)c(F)cc(N(C)C(=O)OC(C)(C)C)c3C4)cn2c1=O. The Morgan fingerprint density at radius 2 is 1.76 bits per heavy atom. The summed E-state index contributed by atoms with van der Waals surface area (Å²) in [5.41, 5.74) is 2.49. The van der Waals surface area contributed by atoms with Crippen LogP contribution in [0.3, 0.4) is 0 Å². The van der Waals surface area contributed by atoms with Gasteiger partial charge in [0.2, 0.25) is 0 Å². The summed E-state index contributed by atoms with van der Waals surface area (Å²) in [6, 6.07) is 2.90. The number of amides is 1. The van der Waals surface area contributed by atoms with E-state index in [0.717, 1.165) is 6.07 Å². The maximum absolute atomic E-state index is 16.0. The molecule has 6 rings (SSSR count). The van der Waals surface area contributed by atoms with Crippen molar-refractivity contribution in [1.82, 2.24) is 19.3 Å². The number of ether oxygens (including phenoxy) is 3. The summed E-state index contributed by atoms with van der Waals surface area (Å²) < 4.78 is 48.9. The lowest BCUT2D eigenvalue weighted by Gasteiger charge is -2.27. The molecule has 50 heavy (non-hydrogen) atoms. The first kappa shape index (κ1) is 34.9. The molecule has 264 valence electrons. The van der Waals surface area contributed by atoms with Gasteiger partial charge in [0.15, 0.2) is 11.6 Å². The van der Waals surface area contributed by atoms with E-state index in [1.165, 1.54) is 22.5 Å². The number of esters is 1. The van der Waals surface area contributed by atoms with Crippen LogP contribution in [0.5, 0.6) is 0 Å². The number of carbonyl (C=O) groups is 2. The van der Waals surface area contributed by atoms with E-state index in [4.69, 9.17) is 19.2 Å². The Labute approximate surface area is 288 Å². The number of aromatic nitrogens is 3. The van der Waals surface area contributed by atoms with Crippen molar-refractivity contribution in [1.29, 1.82) is 0 Å². The number of rotatable bonds is 7. The highest BCUT2D eigenvalue weighted by atomic mass is 19.2. The first-order chi connectivity index (χ1) is 23.7. The molecule has 1 aromatic carbocycles. The number of fused-ring (bicyclic) bond motifs is 4. The Morgan fingerprint density at radius 1 is 1.04 bits per heavy atom. The summed E-state index contributed by atoms with van der Waals surface area (Å²) in [7, 11) is 5.02. The highest BCUT2D eigenvalue weighted by Crippen LogP contribution is 2.50. The van der Waals surface area contributed by atoms with Gasteiger partial charge in [-0.3, -0.25) is 24.0 Å². The van der Waals surface area contributed by atoms with E-state index in [1.807, 2.05) is 6.07 Å². The van der Waals surface area contributed by atoms with Gasteiger partial charge in [0.25, 0.3) is 5.56 Å². The number of hydrogen-bond acceptors (Lipinski definition) is 10. The lowest BCUT2D eigenvalue weighted by atomic mass is 9.97. The Bertz CT molecular complexity index is 2070. The van der Waals surface area contributed by atoms with Crippen LogP contribution in [0.2, 0.25) is 0 Å². The second-order valence-electron chi connectivity index (χ2n) is 13.5. The molecule has 4 aromatic rings. The third kappa shape index (κ3) is 6.40. The minimum Gasteiger partial charge on any atom is -0.462 e. The van der Waals surface area contributed by atoms with Gasteiger partial charge < -0.3 is 19.1 Å². The number of benzene rings is 1. The van der Waals surface area contributed by atoms with Crippen molar-refractivity contribution >= 4 is 29.1 Å². The van der Waals surface area contributed by atoms with Crippen molar-refractivity contribution in [3.8, 4) is 22.3 Å². The van der Waals surface area contributed by atoms with Gasteiger partial charge in [-0.2, -0.15) is 0 Å². The van der Waals surface area contributed by atoms with E-state index in [-0.39, 0.29) is 29.8 Å². The molecular weight excluding hydrogens is 650 g/mol. The molecule has 0 spiro atoms. The molecule has 0 atom stereocenters. The standard InChI is InChI=1S/C36H40F2N6O6/c1-8-49-34(46)24-17-40-32-21(18-43-9-11-48-12-10-43)13-20(19-44(32)33(24)45)23-16-39-26-14-22-27(42(7)35(47)50-36(2,3)4)15-25(37)30(38)28(22)29(26)31(23)41(5)6/h13,15-17,19H,8-12,14,18H2,1-7H3. The Balaban J connectivity index is 1.57. The average Bonchev–Trinajstić information content (AvgIpc) is 3.45. The zero-order valence-electron chi connectivity index (χ0n) is 29.2. The molecule has 0 bridgehead atoms. The minimum absolute atomic E-state index is 0.00113. The fourth-order valence-corrected chi connectivity index (χ4v) is 6.47. The van der Waals surface area contributed by atoms with Crippen molar-refractivity contribution in [2.24, 2.45) is 0 Å². The van der Waals surface area contributed by atoms with Gasteiger partial charge in [-0.25, -0.2) is 23.4 Å². The summed E-state index contributed by atoms with van der Waals surface area (Å²) >= 11 is 0. The second kappa shape index (κ2) is 13.4. The first-order valence-corrected chi connectivity index (χ1v) is 16.4. The lowest BCUT2D eigenvalue weighted by molar-refractivity contribution is 0.0343. The monoisotopic (exact) mass is 690 g/mol. The minimum atomic E-state index is -1.13. The number of carbonyl (C=O) groups excluding carboxylic acids is 2. The molecule has 2 aliphatic rings. The summed E-state index contributed by atoms with van der Waals surface area (Å²) in [4.78, 5) is 53.9. The predicted octanol–water partition coefficient (Wildman–Crippen LogP) is 5.05. The van der Waals surface area contributed by atoms with Crippen LogP contribution in [0.15, 0.2) is 35.5 Å².